The van der Waals surface area contributed by atoms with Gasteiger partial charge in [-0.05, 0) is 54.0 Å². The number of pyridine rings is 1. The zero-order valence-corrected chi connectivity index (χ0v) is 15.1. The lowest BCUT2D eigenvalue weighted by Gasteiger charge is -2.13. The Kier molecular flexibility index (Phi) is 5.05. The first-order chi connectivity index (χ1) is 11.6. The lowest BCUT2D eigenvalue weighted by molar-refractivity contribution is 0.876. The van der Waals surface area contributed by atoms with Gasteiger partial charge in [-0.1, -0.05) is 12.1 Å². The average Bonchev–Trinajstić information content (AvgIpc) is 2.57. The fourth-order valence-electron chi connectivity index (χ4n) is 2.21. The highest BCUT2D eigenvalue weighted by atomic mass is 79.9. The number of aromatic nitrogens is 3. The summed E-state index contributed by atoms with van der Waals surface area (Å²) in [5, 5.41) is 6.61. The van der Waals surface area contributed by atoms with E-state index in [2.05, 4.69) is 55.4 Å². The van der Waals surface area contributed by atoms with Crippen LogP contribution in [0.4, 0.5) is 17.5 Å². The molecule has 0 aliphatic heterocycles. The molecule has 0 spiro atoms. The third-order valence-corrected chi connectivity index (χ3v) is 3.95. The van der Waals surface area contributed by atoms with Crippen LogP contribution in [0.1, 0.15) is 13.8 Å². The van der Waals surface area contributed by atoms with Gasteiger partial charge in [-0.15, -0.1) is 0 Å². The van der Waals surface area contributed by atoms with Crippen LogP contribution in [0.25, 0.3) is 11.3 Å². The van der Waals surface area contributed by atoms with Gasteiger partial charge >= 0.3 is 0 Å². The van der Waals surface area contributed by atoms with E-state index in [0.717, 1.165) is 27.2 Å². The molecule has 2 N–H and O–H groups in total. The molecule has 1 aromatic carbocycles. The monoisotopic (exact) mass is 383 g/mol. The van der Waals surface area contributed by atoms with E-state index < -0.39 is 0 Å². The molecular formula is C18H18BrN5. The summed E-state index contributed by atoms with van der Waals surface area (Å²) in [7, 11) is 0. The maximum Gasteiger partial charge on any atom is 0.225 e. The van der Waals surface area contributed by atoms with Crippen molar-refractivity contribution >= 4 is 33.4 Å². The Morgan fingerprint density at radius 3 is 2.46 bits per heavy atom. The fourth-order valence-corrected chi connectivity index (χ4v) is 2.59. The summed E-state index contributed by atoms with van der Waals surface area (Å²) in [6, 6.07) is 14.0. The number of halogens is 1. The molecular weight excluding hydrogens is 366 g/mol. The smallest absolute Gasteiger partial charge is 0.225 e. The van der Waals surface area contributed by atoms with Gasteiger partial charge in [-0.25, -0.2) is 4.98 Å². The molecule has 0 saturated heterocycles. The van der Waals surface area contributed by atoms with Crippen molar-refractivity contribution in [1.29, 1.82) is 0 Å². The number of hydrogen-bond donors (Lipinski definition) is 2. The number of rotatable bonds is 5. The van der Waals surface area contributed by atoms with Crippen molar-refractivity contribution in [3.63, 3.8) is 0 Å². The topological polar surface area (TPSA) is 62.7 Å². The van der Waals surface area contributed by atoms with Crippen molar-refractivity contribution in [2.45, 2.75) is 19.9 Å². The van der Waals surface area contributed by atoms with E-state index in [4.69, 9.17) is 0 Å². The molecule has 0 fully saturated rings. The van der Waals surface area contributed by atoms with E-state index in [1.807, 2.05) is 42.5 Å². The Morgan fingerprint density at radius 2 is 1.75 bits per heavy atom. The Balaban J connectivity index is 2.00. The summed E-state index contributed by atoms with van der Waals surface area (Å²) >= 11 is 3.55. The van der Waals surface area contributed by atoms with Crippen LogP contribution >= 0.6 is 15.9 Å². The van der Waals surface area contributed by atoms with Crippen LogP contribution < -0.4 is 10.6 Å². The highest BCUT2D eigenvalue weighted by Gasteiger charge is 2.09. The van der Waals surface area contributed by atoms with Crippen LogP contribution in [0, 0.1) is 0 Å². The predicted octanol–water partition coefficient (Wildman–Crippen LogP) is 4.87. The van der Waals surface area contributed by atoms with Gasteiger partial charge < -0.3 is 10.6 Å². The summed E-state index contributed by atoms with van der Waals surface area (Å²) in [5.41, 5.74) is 2.78. The highest BCUT2D eigenvalue weighted by molar-refractivity contribution is 9.10. The van der Waals surface area contributed by atoms with Gasteiger partial charge in [0.15, 0.2) is 0 Å². The summed E-state index contributed by atoms with van der Waals surface area (Å²) in [4.78, 5) is 13.2. The molecule has 5 nitrogen and oxygen atoms in total. The lowest BCUT2D eigenvalue weighted by atomic mass is 10.2. The SMILES string of the molecule is CC(C)Nc1nc(Nc2ccccc2Br)cc(-c2ccncc2)n1. The second-order valence-corrected chi connectivity index (χ2v) is 6.46. The standard InChI is InChI=1S/C18H18BrN5/c1-12(2)21-18-23-16(13-7-9-20-10-8-13)11-17(24-18)22-15-6-4-3-5-14(15)19/h3-12H,1-2H3,(H2,21,22,23,24). The second-order valence-electron chi connectivity index (χ2n) is 5.60. The first-order valence-corrected chi connectivity index (χ1v) is 8.48. The summed E-state index contributed by atoms with van der Waals surface area (Å²) in [6.07, 6.45) is 3.52. The van der Waals surface area contributed by atoms with E-state index in [0.29, 0.717) is 5.95 Å². The number of nitrogens with zero attached hydrogens (tertiary/aromatic N) is 3. The maximum absolute atomic E-state index is 4.61. The molecule has 0 aliphatic rings. The summed E-state index contributed by atoms with van der Waals surface area (Å²) in [5.74, 6) is 1.32. The Morgan fingerprint density at radius 1 is 1.00 bits per heavy atom. The zero-order valence-electron chi connectivity index (χ0n) is 13.5. The van der Waals surface area contributed by atoms with Crippen LogP contribution in [0.2, 0.25) is 0 Å². The molecule has 0 aliphatic carbocycles. The van der Waals surface area contributed by atoms with Gasteiger partial charge in [-0.2, -0.15) is 4.98 Å². The summed E-state index contributed by atoms with van der Waals surface area (Å²) in [6.45, 7) is 4.12. The third kappa shape index (κ3) is 4.08. The quantitative estimate of drug-likeness (QED) is 0.658. The first-order valence-electron chi connectivity index (χ1n) is 7.69. The van der Waals surface area contributed by atoms with Crippen molar-refractivity contribution in [3.8, 4) is 11.3 Å². The van der Waals surface area contributed by atoms with Crippen molar-refractivity contribution in [3.05, 3.63) is 59.3 Å². The number of benzene rings is 1. The van der Waals surface area contributed by atoms with Crippen molar-refractivity contribution < 1.29 is 0 Å². The van der Waals surface area contributed by atoms with E-state index in [-0.39, 0.29) is 6.04 Å². The molecule has 0 radical (unpaired) electrons. The highest BCUT2D eigenvalue weighted by Crippen LogP contribution is 2.27. The van der Waals surface area contributed by atoms with Crippen molar-refractivity contribution in [2.24, 2.45) is 0 Å². The molecule has 2 heterocycles. The first kappa shape index (κ1) is 16.4. The molecule has 24 heavy (non-hydrogen) atoms. The van der Waals surface area contributed by atoms with Crippen LogP contribution in [0.15, 0.2) is 59.3 Å². The van der Waals surface area contributed by atoms with Crippen LogP contribution in [0.5, 0.6) is 0 Å². The van der Waals surface area contributed by atoms with Gasteiger partial charge in [0.2, 0.25) is 5.95 Å². The maximum atomic E-state index is 4.61. The number of hydrogen-bond acceptors (Lipinski definition) is 5. The fraction of sp³-hybridized carbons (Fsp3) is 0.167. The van der Waals surface area contributed by atoms with Gasteiger partial charge in [-0.3, -0.25) is 4.98 Å². The molecule has 0 amide bonds. The molecule has 0 bridgehead atoms. The van der Waals surface area contributed by atoms with E-state index in [1.165, 1.54) is 0 Å². The Hall–Kier alpha value is -2.47. The summed E-state index contributed by atoms with van der Waals surface area (Å²) < 4.78 is 0.979. The molecule has 3 rings (SSSR count). The van der Waals surface area contributed by atoms with Gasteiger partial charge in [0, 0.05) is 34.5 Å². The molecule has 2 aromatic heterocycles. The van der Waals surface area contributed by atoms with Crippen LogP contribution in [0.3, 0.4) is 0 Å². The minimum absolute atomic E-state index is 0.244. The van der Waals surface area contributed by atoms with Gasteiger partial charge in [0.1, 0.15) is 5.82 Å². The molecule has 6 heteroatoms. The van der Waals surface area contributed by atoms with E-state index >= 15 is 0 Å². The number of anilines is 3. The largest absolute Gasteiger partial charge is 0.352 e. The van der Waals surface area contributed by atoms with E-state index in [1.54, 1.807) is 12.4 Å². The van der Waals surface area contributed by atoms with E-state index in [9.17, 15) is 0 Å². The van der Waals surface area contributed by atoms with Crippen LogP contribution in [-0.4, -0.2) is 21.0 Å². The van der Waals surface area contributed by atoms with Crippen LogP contribution in [-0.2, 0) is 0 Å². The third-order valence-electron chi connectivity index (χ3n) is 3.26. The Bertz CT molecular complexity index is 821. The lowest BCUT2D eigenvalue weighted by Crippen LogP contribution is -2.13. The Labute approximate surface area is 149 Å². The second kappa shape index (κ2) is 7.40. The number of para-hydroxylation sites is 1. The molecule has 0 atom stereocenters. The van der Waals surface area contributed by atoms with Gasteiger partial charge in [0.05, 0.1) is 11.4 Å². The normalized spacial score (nSPS) is 10.7. The minimum atomic E-state index is 0.244. The van der Waals surface area contributed by atoms with Crippen molar-refractivity contribution in [1.82, 2.24) is 15.0 Å². The predicted molar refractivity (Wildman–Crippen MR) is 101 cm³/mol. The molecule has 3 aromatic rings. The van der Waals surface area contributed by atoms with Gasteiger partial charge in [0.25, 0.3) is 0 Å². The average molecular weight is 384 g/mol. The van der Waals surface area contributed by atoms with Crippen molar-refractivity contribution in [2.75, 3.05) is 10.6 Å². The molecule has 0 saturated carbocycles. The molecule has 122 valence electrons. The zero-order chi connectivity index (χ0) is 16.9. The number of nitrogens with one attached hydrogen (secondary N) is 2. The molecule has 0 unspecified atom stereocenters. The minimum Gasteiger partial charge on any atom is -0.352 e.